The third-order valence-electron chi connectivity index (χ3n) is 9.29. The molecule has 45 heavy (non-hydrogen) atoms. The zero-order chi connectivity index (χ0) is 32.5. The Morgan fingerprint density at radius 2 is 1.78 bits per heavy atom. The lowest BCUT2D eigenvalue weighted by atomic mass is 9.91. The van der Waals surface area contributed by atoms with Gasteiger partial charge in [-0.2, -0.15) is 13.2 Å². The van der Waals surface area contributed by atoms with E-state index in [2.05, 4.69) is 15.5 Å². The number of amides is 4. The molecule has 3 aliphatic heterocycles. The highest BCUT2D eigenvalue weighted by atomic mass is 35.5. The maximum absolute atomic E-state index is 13.9. The fraction of sp³-hybridized carbons (Fsp3) is 0.581. The molecule has 4 heterocycles. The lowest BCUT2D eigenvalue weighted by Crippen LogP contribution is -2.51. The molecule has 2 fully saturated rings. The van der Waals surface area contributed by atoms with Crippen LogP contribution in [0.3, 0.4) is 0 Å². The van der Waals surface area contributed by atoms with Crippen LogP contribution in [0.4, 0.5) is 28.7 Å². The number of anilines is 2. The summed E-state index contributed by atoms with van der Waals surface area (Å²) in [7, 11) is 5.38. The van der Waals surface area contributed by atoms with E-state index < -0.39 is 17.7 Å². The number of nitrogens with one attached hydrogen (secondary N) is 2. The predicted octanol–water partition coefficient (Wildman–Crippen LogP) is 5.60. The minimum Gasteiger partial charge on any atom is -0.386 e. The highest BCUT2D eigenvalue weighted by Crippen LogP contribution is 2.40. The van der Waals surface area contributed by atoms with E-state index in [0.717, 1.165) is 29.5 Å². The van der Waals surface area contributed by atoms with E-state index in [0.29, 0.717) is 51.6 Å². The smallest absolute Gasteiger partial charge is 0.386 e. The third kappa shape index (κ3) is 7.52. The standard InChI is InChI=1S/C31H40ClF3N6O3S/c1-36-27-24(31(33,34)35)15-19(16-25(27)32)14-21(29(43)40-11-4-22(5-12-40)38(2)3)17-26(42)39-9-6-23(7-10-39)41-18-20-8-13-45-28(20)37-30(41)44/h8,13,15-16,21-23,36H,4-7,9-12,14,17-18H2,1-3H3,(H,37,44)/t21-/m0/s1. The first-order valence-corrected chi connectivity index (χ1v) is 16.6. The molecule has 0 bridgehead atoms. The van der Waals surface area contributed by atoms with Crippen molar-refractivity contribution in [3.05, 3.63) is 45.3 Å². The molecule has 0 aliphatic carbocycles. The van der Waals surface area contributed by atoms with Crippen LogP contribution in [0.15, 0.2) is 23.6 Å². The SMILES string of the molecule is CNc1c(Cl)cc(C[C@@H](CC(=O)N2CCC(N3Cc4ccsc4NC3=O)CC2)C(=O)N2CCC(N(C)C)CC2)cc1C(F)(F)F. The van der Waals surface area contributed by atoms with Crippen LogP contribution < -0.4 is 10.6 Å². The number of rotatable bonds is 8. The predicted molar refractivity (Wildman–Crippen MR) is 170 cm³/mol. The van der Waals surface area contributed by atoms with Gasteiger partial charge >= 0.3 is 12.2 Å². The lowest BCUT2D eigenvalue weighted by molar-refractivity contribution is -0.143. The number of likely N-dealkylation sites (tertiary alicyclic amines) is 2. The van der Waals surface area contributed by atoms with Gasteiger partial charge in [-0.15, -0.1) is 11.3 Å². The van der Waals surface area contributed by atoms with Crippen molar-refractivity contribution in [3.8, 4) is 0 Å². The Balaban J connectivity index is 1.29. The van der Waals surface area contributed by atoms with Crippen molar-refractivity contribution < 1.29 is 27.6 Å². The Bertz CT molecular complexity index is 1400. The van der Waals surface area contributed by atoms with Crippen molar-refractivity contribution in [1.82, 2.24) is 19.6 Å². The molecule has 2 saturated heterocycles. The van der Waals surface area contributed by atoms with Crippen molar-refractivity contribution in [3.63, 3.8) is 0 Å². The summed E-state index contributed by atoms with van der Waals surface area (Å²) >= 11 is 7.76. The zero-order valence-corrected chi connectivity index (χ0v) is 27.3. The monoisotopic (exact) mass is 668 g/mol. The molecule has 0 spiro atoms. The van der Waals surface area contributed by atoms with Gasteiger partial charge < -0.3 is 24.9 Å². The average molecular weight is 669 g/mol. The summed E-state index contributed by atoms with van der Waals surface area (Å²) in [6, 6.07) is 4.65. The molecular formula is C31H40ClF3N6O3S. The summed E-state index contributed by atoms with van der Waals surface area (Å²) in [6.45, 7) is 2.43. The van der Waals surface area contributed by atoms with Crippen LogP contribution in [-0.2, 0) is 28.7 Å². The second-order valence-corrected chi connectivity index (χ2v) is 13.6. The Hall–Kier alpha value is -3.03. The molecule has 0 unspecified atom stereocenters. The van der Waals surface area contributed by atoms with Crippen LogP contribution in [0.2, 0.25) is 5.02 Å². The van der Waals surface area contributed by atoms with E-state index in [1.54, 1.807) is 9.80 Å². The summed E-state index contributed by atoms with van der Waals surface area (Å²) in [4.78, 5) is 47.7. The number of alkyl halides is 3. The number of benzene rings is 1. The molecule has 14 heteroatoms. The van der Waals surface area contributed by atoms with E-state index in [1.165, 1.54) is 24.5 Å². The number of thiophene rings is 1. The van der Waals surface area contributed by atoms with Crippen molar-refractivity contribution in [2.24, 2.45) is 5.92 Å². The van der Waals surface area contributed by atoms with Gasteiger partial charge in [-0.25, -0.2) is 4.79 Å². The normalized spacial score (nSPS) is 19.0. The molecule has 2 aromatic rings. The van der Waals surface area contributed by atoms with Crippen LogP contribution in [0.25, 0.3) is 0 Å². The molecule has 2 N–H and O–H groups in total. The number of halogens is 4. The summed E-state index contributed by atoms with van der Waals surface area (Å²) in [6.07, 6.45) is -2.04. The number of nitrogens with zero attached hydrogens (tertiary/aromatic N) is 4. The average Bonchev–Trinajstić information content (AvgIpc) is 3.46. The van der Waals surface area contributed by atoms with Gasteiger partial charge in [0.25, 0.3) is 0 Å². The summed E-state index contributed by atoms with van der Waals surface area (Å²) in [5.41, 5.74) is 0.196. The Labute approximate surface area is 270 Å². The molecule has 0 radical (unpaired) electrons. The number of urea groups is 1. The first-order chi connectivity index (χ1) is 21.3. The van der Waals surface area contributed by atoms with Gasteiger partial charge in [0.15, 0.2) is 0 Å². The third-order valence-corrected chi connectivity index (χ3v) is 10.5. The molecule has 3 aliphatic rings. The summed E-state index contributed by atoms with van der Waals surface area (Å²) < 4.78 is 41.8. The molecule has 1 aromatic carbocycles. The number of hydrogen-bond donors (Lipinski definition) is 2. The number of piperidine rings is 2. The van der Waals surface area contributed by atoms with Gasteiger partial charge in [-0.3, -0.25) is 14.9 Å². The van der Waals surface area contributed by atoms with Gasteiger partial charge in [0, 0.05) is 57.3 Å². The number of fused-ring (bicyclic) bond motifs is 1. The van der Waals surface area contributed by atoms with Gasteiger partial charge in [-0.05, 0) is 75.3 Å². The molecule has 0 saturated carbocycles. The zero-order valence-electron chi connectivity index (χ0n) is 25.8. The van der Waals surface area contributed by atoms with Gasteiger partial charge in [0.1, 0.15) is 5.00 Å². The largest absolute Gasteiger partial charge is 0.418 e. The fourth-order valence-electron chi connectivity index (χ4n) is 6.71. The summed E-state index contributed by atoms with van der Waals surface area (Å²) in [5, 5.41) is 8.20. The minimum atomic E-state index is -4.65. The van der Waals surface area contributed by atoms with Crippen LogP contribution in [0, 0.1) is 5.92 Å². The van der Waals surface area contributed by atoms with Crippen LogP contribution in [0.5, 0.6) is 0 Å². The fourth-order valence-corrected chi connectivity index (χ4v) is 7.84. The quantitative estimate of drug-likeness (QED) is 0.383. The van der Waals surface area contributed by atoms with E-state index in [-0.39, 0.29) is 53.0 Å². The van der Waals surface area contributed by atoms with E-state index in [1.807, 2.05) is 30.4 Å². The van der Waals surface area contributed by atoms with Crippen molar-refractivity contribution in [1.29, 1.82) is 0 Å². The van der Waals surface area contributed by atoms with Gasteiger partial charge in [0.05, 0.1) is 28.7 Å². The first-order valence-electron chi connectivity index (χ1n) is 15.3. The van der Waals surface area contributed by atoms with Crippen LogP contribution in [0.1, 0.15) is 48.8 Å². The van der Waals surface area contributed by atoms with Crippen molar-refractivity contribution >= 4 is 51.5 Å². The van der Waals surface area contributed by atoms with Gasteiger partial charge in [-0.1, -0.05) is 11.6 Å². The topological polar surface area (TPSA) is 88.2 Å². The first kappa shape index (κ1) is 33.3. The van der Waals surface area contributed by atoms with Crippen LogP contribution >= 0.6 is 22.9 Å². The molecule has 4 amide bonds. The van der Waals surface area contributed by atoms with Crippen molar-refractivity contribution in [2.45, 2.75) is 63.3 Å². The molecular weight excluding hydrogens is 629 g/mol. The van der Waals surface area contributed by atoms with Crippen molar-refractivity contribution in [2.75, 3.05) is 58.0 Å². The second-order valence-electron chi connectivity index (χ2n) is 12.3. The number of hydrogen-bond acceptors (Lipinski definition) is 6. The van der Waals surface area contributed by atoms with E-state index in [4.69, 9.17) is 11.6 Å². The molecule has 1 atom stereocenters. The highest BCUT2D eigenvalue weighted by Gasteiger charge is 2.38. The molecule has 9 nitrogen and oxygen atoms in total. The minimum absolute atomic E-state index is 0.0221. The number of carbonyl (C=O) groups is 3. The highest BCUT2D eigenvalue weighted by molar-refractivity contribution is 7.14. The molecule has 5 rings (SSSR count). The molecule has 1 aromatic heterocycles. The Morgan fingerprint density at radius 1 is 1.11 bits per heavy atom. The maximum Gasteiger partial charge on any atom is 0.418 e. The second kappa shape index (κ2) is 13.8. The number of carbonyl (C=O) groups excluding carboxylic acids is 3. The Morgan fingerprint density at radius 3 is 2.40 bits per heavy atom. The lowest BCUT2D eigenvalue weighted by Gasteiger charge is -2.40. The van der Waals surface area contributed by atoms with E-state index >= 15 is 0 Å². The van der Waals surface area contributed by atoms with E-state index in [9.17, 15) is 27.6 Å². The summed E-state index contributed by atoms with van der Waals surface area (Å²) in [5.74, 6) is -1.28. The maximum atomic E-state index is 13.9. The van der Waals surface area contributed by atoms with Crippen LogP contribution in [-0.4, -0.2) is 96.9 Å². The Kier molecular flexibility index (Phi) is 10.2. The molecule has 246 valence electrons. The van der Waals surface area contributed by atoms with Gasteiger partial charge in [0.2, 0.25) is 11.8 Å².